The number of amides is 1. The lowest BCUT2D eigenvalue weighted by Gasteiger charge is -2.32. The molecule has 1 amide bonds. The van der Waals surface area contributed by atoms with Gasteiger partial charge in [0.25, 0.3) is 0 Å². The molecule has 0 aliphatic heterocycles. The molecule has 0 atom stereocenters. The predicted molar refractivity (Wildman–Crippen MR) is 121 cm³/mol. The molecule has 0 aromatic carbocycles. The van der Waals surface area contributed by atoms with Crippen molar-refractivity contribution in [2.24, 2.45) is 0 Å². The second-order valence-electron chi connectivity index (χ2n) is 8.78. The number of carbonyl (C=O) groups excluding carboxylic acids is 1. The Balaban J connectivity index is 1.49. The average molecular weight is 450 g/mol. The maximum atomic E-state index is 12.9. The van der Waals surface area contributed by atoms with E-state index in [2.05, 4.69) is 16.6 Å². The molecule has 5 N–H and O–H groups in total. The molecule has 8 nitrogen and oxygen atoms in total. The number of methoxy groups -OCH3 is 1. The number of hydrogen-bond donors (Lipinski definition) is 5. The number of rotatable bonds is 6. The quantitative estimate of drug-likeness (QED) is 0.259. The van der Waals surface area contributed by atoms with Crippen LogP contribution in [0.1, 0.15) is 60.6 Å². The van der Waals surface area contributed by atoms with Crippen molar-refractivity contribution in [2.75, 3.05) is 7.11 Å². The van der Waals surface area contributed by atoms with E-state index in [-0.39, 0.29) is 23.4 Å². The molecule has 0 unspecified atom stereocenters. The van der Waals surface area contributed by atoms with Crippen LogP contribution < -0.4 is 15.4 Å². The third-order valence-electron chi connectivity index (χ3n) is 6.40. The minimum absolute atomic E-state index is 0.128. The first-order valence-electron chi connectivity index (χ1n) is 11.1. The van der Waals surface area contributed by atoms with Gasteiger partial charge in [0.1, 0.15) is 11.4 Å². The van der Waals surface area contributed by atoms with Gasteiger partial charge in [-0.1, -0.05) is 5.92 Å². The van der Waals surface area contributed by atoms with E-state index in [9.17, 15) is 15.1 Å². The van der Waals surface area contributed by atoms with Gasteiger partial charge < -0.3 is 25.9 Å². The Labute approximate surface area is 193 Å². The number of terminal acetylenes is 1. The summed E-state index contributed by atoms with van der Waals surface area (Å²) in [5.74, 6) is 2.62. The SMILES string of the molecule is C#CC1(O)CCC(N/C=C2/C=C(NC(=O)c3cccc(C4CC4)[n+]3O)C(OC)=CC2=N)CC1. The fourth-order valence-corrected chi connectivity index (χ4v) is 4.16. The molecule has 33 heavy (non-hydrogen) atoms. The Kier molecular flexibility index (Phi) is 6.25. The van der Waals surface area contributed by atoms with E-state index in [1.807, 2.05) is 6.07 Å². The lowest BCUT2D eigenvalue weighted by molar-refractivity contribution is -0.910. The van der Waals surface area contributed by atoms with Gasteiger partial charge in [0.2, 0.25) is 5.69 Å². The van der Waals surface area contributed by atoms with Gasteiger partial charge in [0.15, 0.2) is 0 Å². The second kappa shape index (κ2) is 9.12. The van der Waals surface area contributed by atoms with Crippen LogP contribution in [0.5, 0.6) is 0 Å². The summed E-state index contributed by atoms with van der Waals surface area (Å²) >= 11 is 0. The standard InChI is InChI=1S/C25H28N4O4/c1-3-25(31)11-9-18(10-12-25)27-15-17-13-20(23(33-2)14-19(17)26)28-24(30)22-6-4-5-21(29(22)32)16-7-8-16/h1,4-6,13-16,18,26,30-32H,7-12H2,2H3/p+1. The summed E-state index contributed by atoms with van der Waals surface area (Å²) in [7, 11) is 1.47. The minimum Gasteiger partial charge on any atom is -0.494 e. The maximum Gasteiger partial charge on any atom is 0.325 e. The molecular weight excluding hydrogens is 420 g/mol. The summed E-state index contributed by atoms with van der Waals surface area (Å²) in [5, 5.41) is 35.1. The van der Waals surface area contributed by atoms with E-state index in [0.29, 0.717) is 29.9 Å². The zero-order valence-corrected chi connectivity index (χ0v) is 18.6. The van der Waals surface area contributed by atoms with E-state index in [4.69, 9.17) is 16.6 Å². The normalized spacial score (nSPS) is 26.2. The van der Waals surface area contributed by atoms with Crippen LogP contribution in [0, 0.1) is 17.8 Å². The van der Waals surface area contributed by atoms with Crippen LogP contribution in [0.25, 0.3) is 0 Å². The highest BCUT2D eigenvalue weighted by molar-refractivity contribution is 6.10. The minimum atomic E-state index is -1.03. The molecule has 172 valence electrons. The molecule has 0 bridgehead atoms. The highest BCUT2D eigenvalue weighted by Crippen LogP contribution is 2.38. The largest absolute Gasteiger partial charge is 0.494 e. The zero-order valence-electron chi connectivity index (χ0n) is 18.6. The van der Waals surface area contributed by atoms with E-state index >= 15 is 0 Å². The Hall–Kier alpha value is -3.57. The Morgan fingerprint density at radius 1 is 1.30 bits per heavy atom. The molecule has 2 saturated carbocycles. The number of hydrogen-bond acceptors (Lipinski definition) is 6. The molecule has 2 fully saturated rings. The maximum absolute atomic E-state index is 12.9. The van der Waals surface area contributed by atoms with Gasteiger partial charge in [-0.2, -0.15) is 0 Å². The number of pyridine rings is 1. The fraction of sp³-hybridized carbons (Fsp3) is 0.400. The van der Waals surface area contributed by atoms with Crippen molar-refractivity contribution in [3.8, 4) is 12.3 Å². The lowest BCUT2D eigenvalue weighted by atomic mass is 9.83. The highest BCUT2D eigenvalue weighted by atomic mass is 16.5. The van der Waals surface area contributed by atoms with Gasteiger partial charge in [-0.3, -0.25) is 10.0 Å². The summed E-state index contributed by atoms with van der Waals surface area (Å²) in [5.41, 5.74) is 1.03. The van der Waals surface area contributed by atoms with Crippen molar-refractivity contribution in [3.05, 3.63) is 65.0 Å². The molecule has 4 rings (SSSR count). The highest BCUT2D eigenvalue weighted by Gasteiger charge is 2.36. The predicted octanol–water partition coefficient (Wildman–Crippen LogP) is 2.05. The number of nitrogens with one attached hydrogen (secondary N) is 3. The number of nitrogens with zero attached hydrogens (tertiary/aromatic N) is 1. The number of aromatic nitrogens is 1. The Bertz CT molecular complexity index is 1100. The molecule has 0 spiro atoms. The summed E-state index contributed by atoms with van der Waals surface area (Å²) in [6.07, 6.45) is 14.8. The lowest BCUT2D eigenvalue weighted by Crippen LogP contribution is -2.45. The first-order chi connectivity index (χ1) is 15.8. The Morgan fingerprint density at radius 2 is 2.03 bits per heavy atom. The third kappa shape index (κ3) is 4.94. The van der Waals surface area contributed by atoms with Gasteiger partial charge in [-0.25, -0.2) is 0 Å². The number of allylic oxidation sites excluding steroid dienone is 3. The van der Waals surface area contributed by atoms with E-state index < -0.39 is 11.5 Å². The van der Waals surface area contributed by atoms with Crippen molar-refractivity contribution in [2.45, 2.75) is 56.1 Å². The van der Waals surface area contributed by atoms with Crippen LogP contribution in [0.15, 0.2) is 53.6 Å². The van der Waals surface area contributed by atoms with E-state index in [1.165, 1.54) is 13.2 Å². The van der Waals surface area contributed by atoms with Gasteiger partial charge >= 0.3 is 11.6 Å². The molecule has 8 heteroatoms. The number of ether oxygens (including phenoxy) is 1. The molecule has 3 aliphatic rings. The zero-order chi connectivity index (χ0) is 23.6. The van der Waals surface area contributed by atoms with Crippen LogP contribution in [-0.4, -0.2) is 40.7 Å². The molecule has 0 radical (unpaired) electrons. The third-order valence-corrected chi connectivity index (χ3v) is 6.40. The number of aliphatic hydroxyl groups is 1. The van der Waals surface area contributed by atoms with Crippen LogP contribution in [0.2, 0.25) is 0 Å². The smallest absolute Gasteiger partial charge is 0.325 e. The van der Waals surface area contributed by atoms with Gasteiger partial charge in [0, 0.05) is 46.7 Å². The first-order valence-corrected chi connectivity index (χ1v) is 11.1. The summed E-state index contributed by atoms with van der Waals surface area (Å²) in [6.45, 7) is 0. The van der Waals surface area contributed by atoms with E-state index in [0.717, 1.165) is 36.1 Å². The second-order valence-corrected chi connectivity index (χ2v) is 8.78. The van der Waals surface area contributed by atoms with Crippen LogP contribution in [0.4, 0.5) is 0 Å². The molecule has 1 heterocycles. The molecule has 3 aliphatic carbocycles. The van der Waals surface area contributed by atoms with Gasteiger partial charge in [-0.15, -0.1) is 6.42 Å². The molecular formula is C25H29N4O4+. The summed E-state index contributed by atoms with van der Waals surface area (Å²) < 4.78 is 6.32. The molecule has 0 saturated heterocycles. The first kappa shape index (κ1) is 22.6. The van der Waals surface area contributed by atoms with Crippen LogP contribution in [0.3, 0.4) is 0 Å². The van der Waals surface area contributed by atoms with Gasteiger partial charge in [-0.05, 0) is 50.7 Å². The van der Waals surface area contributed by atoms with Crippen molar-refractivity contribution < 1.29 is 24.6 Å². The van der Waals surface area contributed by atoms with Crippen molar-refractivity contribution in [3.63, 3.8) is 0 Å². The summed E-state index contributed by atoms with van der Waals surface area (Å²) in [4.78, 5) is 12.9. The van der Waals surface area contributed by atoms with Crippen LogP contribution >= 0.6 is 0 Å². The monoisotopic (exact) mass is 449 g/mol. The Morgan fingerprint density at radius 3 is 2.67 bits per heavy atom. The van der Waals surface area contributed by atoms with Crippen molar-refractivity contribution in [1.29, 1.82) is 5.41 Å². The average Bonchev–Trinajstić information content (AvgIpc) is 3.65. The summed E-state index contributed by atoms with van der Waals surface area (Å²) in [6, 6.07) is 5.27. The topological polar surface area (TPSA) is 119 Å². The van der Waals surface area contributed by atoms with Crippen LogP contribution in [-0.2, 0) is 4.74 Å². The van der Waals surface area contributed by atoms with E-state index in [1.54, 1.807) is 24.4 Å². The molecule has 1 aromatic rings. The van der Waals surface area contributed by atoms with Crippen molar-refractivity contribution in [1.82, 2.24) is 10.6 Å². The van der Waals surface area contributed by atoms with Gasteiger partial charge in [0.05, 0.1) is 18.5 Å². The fourth-order valence-electron chi connectivity index (χ4n) is 4.16. The van der Waals surface area contributed by atoms with Crippen molar-refractivity contribution >= 4 is 11.6 Å². The molecule has 1 aromatic heterocycles. The number of carbonyl (C=O) groups is 1.